The van der Waals surface area contributed by atoms with Crippen LogP contribution in [0.3, 0.4) is 0 Å². The fourth-order valence-corrected chi connectivity index (χ4v) is 2.65. The van der Waals surface area contributed by atoms with Gasteiger partial charge in [-0.2, -0.15) is 13.2 Å². The van der Waals surface area contributed by atoms with Crippen LogP contribution in [0.1, 0.15) is 30.7 Å². The van der Waals surface area contributed by atoms with Gasteiger partial charge in [0.2, 0.25) is 0 Å². The summed E-state index contributed by atoms with van der Waals surface area (Å²) in [5.74, 6) is -1.03. The molecule has 1 aromatic rings. The van der Waals surface area contributed by atoms with Crippen LogP contribution in [0.5, 0.6) is 0 Å². The highest BCUT2D eigenvalue weighted by atomic mass is 19.4. The first-order chi connectivity index (χ1) is 9.37. The second-order valence-corrected chi connectivity index (χ2v) is 5.02. The number of carboxylic acids is 1. The monoisotopic (exact) mass is 287 g/mol. The number of anilines is 1. The molecule has 1 aliphatic rings. The third-order valence-electron chi connectivity index (χ3n) is 3.47. The lowest BCUT2D eigenvalue weighted by atomic mass is 9.98. The lowest BCUT2D eigenvalue weighted by molar-refractivity contribution is -0.137. The minimum absolute atomic E-state index is 0.00673. The Morgan fingerprint density at radius 2 is 2.05 bits per heavy atom. The summed E-state index contributed by atoms with van der Waals surface area (Å²) in [5.41, 5.74) is 1.78. The smallest absolute Gasteiger partial charge is 0.389 e. The largest absolute Gasteiger partial charge is 0.481 e. The predicted molar refractivity (Wildman–Crippen MR) is 68.9 cm³/mol. The summed E-state index contributed by atoms with van der Waals surface area (Å²) in [6.07, 6.45) is -4.92. The highest BCUT2D eigenvalue weighted by Gasteiger charge is 2.31. The maximum atomic E-state index is 12.2. The molecule has 1 heterocycles. The Morgan fingerprint density at radius 3 is 2.70 bits per heavy atom. The number of alkyl halides is 3. The molecule has 1 aromatic carbocycles. The Balaban J connectivity index is 2.03. The summed E-state index contributed by atoms with van der Waals surface area (Å²) >= 11 is 0. The lowest BCUT2D eigenvalue weighted by Crippen LogP contribution is -2.25. The topological polar surface area (TPSA) is 40.5 Å². The zero-order valence-corrected chi connectivity index (χ0v) is 10.9. The number of hydrogen-bond donors (Lipinski definition) is 1. The molecule has 0 saturated heterocycles. The number of benzene rings is 1. The van der Waals surface area contributed by atoms with E-state index >= 15 is 0 Å². The van der Waals surface area contributed by atoms with Gasteiger partial charge < -0.3 is 10.0 Å². The fraction of sp³-hybridized carbons (Fsp3) is 0.500. The second-order valence-electron chi connectivity index (χ2n) is 5.02. The van der Waals surface area contributed by atoms with Gasteiger partial charge in [0.05, 0.1) is 6.42 Å². The van der Waals surface area contributed by atoms with Crippen LogP contribution < -0.4 is 4.90 Å². The maximum Gasteiger partial charge on any atom is 0.389 e. The van der Waals surface area contributed by atoms with Gasteiger partial charge in [-0.1, -0.05) is 18.2 Å². The van der Waals surface area contributed by atoms with Gasteiger partial charge in [0.25, 0.3) is 0 Å². The SMILES string of the molecule is O=C(O)CC1CN(CCCC(F)(F)F)c2ccccc21. The average Bonchev–Trinajstić information content (AvgIpc) is 2.66. The van der Waals surface area contributed by atoms with Crippen molar-refractivity contribution in [2.45, 2.75) is 31.4 Å². The molecule has 0 saturated carbocycles. The number of rotatable bonds is 5. The van der Waals surface area contributed by atoms with Crippen LogP contribution in [0, 0.1) is 0 Å². The number of hydrogen-bond acceptors (Lipinski definition) is 2. The van der Waals surface area contributed by atoms with Crippen molar-refractivity contribution in [2.24, 2.45) is 0 Å². The molecular formula is C14H16F3NO2. The molecule has 0 bridgehead atoms. The van der Waals surface area contributed by atoms with Crippen molar-refractivity contribution in [3.63, 3.8) is 0 Å². The van der Waals surface area contributed by atoms with Crippen molar-refractivity contribution >= 4 is 11.7 Å². The molecule has 0 spiro atoms. The summed E-state index contributed by atoms with van der Waals surface area (Å²) in [4.78, 5) is 12.7. The zero-order chi connectivity index (χ0) is 14.8. The van der Waals surface area contributed by atoms with Gasteiger partial charge in [0.15, 0.2) is 0 Å². The van der Waals surface area contributed by atoms with Crippen LogP contribution in [0.2, 0.25) is 0 Å². The van der Waals surface area contributed by atoms with E-state index in [9.17, 15) is 18.0 Å². The summed E-state index contributed by atoms with van der Waals surface area (Å²) in [5, 5.41) is 8.90. The summed E-state index contributed by atoms with van der Waals surface area (Å²) < 4.78 is 36.5. The third kappa shape index (κ3) is 3.65. The first kappa shape index (κ1) is 14.7. The molecule has 20 heavy (non-hydrogen) atoms. The highest BCUT2D eigenvalue weighted by Crippen LogP contribution is 2.38. The molecule has 0 radical (unpaired) electrons. The molecule has 2 rings (SSSR count). The first-order valence-electron chi connectivity index (χ1n) is 6.49. The Kier molecular flexibility index (Phi) is 4.20. The van der Waals surface area contributed by atoms with Crippen LogP contribution in [-0.4, -0.2) is 30.3 Å². The van der Waals surface area contributed by atoms with Crippen LogP contribution in [0.15, 0.2) is 24.3 Å². The summed E-state index contributed by atoms with van der Waals surface area (Å²) in [6, 6.07) is 7.34. The lowest BCUT2D eigenvalue weighted by Gasteiger charge is -2.20. The van der Waals surface area contributed by atoms with Crippen molar-refractivity contribution < 1.29 is 23.1 Å². The van der Waals surface area contributed by atoms with Crippen molar-refractivity contribution in [1.29, 1.82) is 0 Å². The zero-order valence-electron chi connectivity index (χ0n) is 10.9. The fourth-order valence-electron chi connectivity index (χ4n) is 2.65. The molecular weight excluding hydrogens is 271 g/mol. The van der Waals surface area contributed by atoms with E-state index in [0.717, 1.165) is 11.3 Å². The molecule has 1 N–H and O–H groups in total. The number of aliphatic carboxylic acids is 1. The molecule has 1 atom stereocenters. The van der Waals surface area contributed by atoms with Crippen LogP contribution in [0.4, 0.5) is 18.9 Å². The van der Waals surface area contributed by atoms with E-state index in [0.29, 0.717) is 13.1 Å². The molecule has 0 aliphatic carbocycles. The Hall–Kier alpha value is -1.72. The van der Waals surface area contributed by atoms with E-state index in [1.54, 1.807) is 0 Å². The van der Waals surface area contributed by atoms with Gasteiger partial charge in [-0.3, -0.25) is 4.79 Å². The van der Waals surface area contributed by atoms with E-state index in [4.69, 9.17) is 5.11 Å². The predicted octanol–water partition coefficient (Wildman–Crippen LogP) is 3.41. The number of carbonyl (C=O) groups is 1. The van der Waals surface area contributed by atoms with Gasteiger partial charge in [-0.25, -0.2) is 0 Å². The van der Waals surface area contributed by atoms with E-state index < -0.39 is 18.6 Å². The van der Waals surface area contributed by atoms with Crippen LogP contribution >= 0.6 is 0 Å². The quantitative estimate of drug-likeness (QED) is 0.902. The van der Waals surface area contributed by atoms with Gasteiger partial charge in [0, 0.05) is 31.1 Å². The third-order valence-corrected chi connectivity index (χ3v) is 3.47. The molecule has 6 heteroatoms. The van der Waals surface area contributed by atoms with E-state index in [1.165, 1.54) is 0 Å². The van der Waals surface area contributed by atoms with Gasteiger partial charge in [0.1, 0.15) is 0 Å². The molecule has 1 aliphatic heterocycles. The standard InChI is InChI=1S/C14H16F3NO2/c15-14(16,17)6-3-7-18-9-10(8-13(19)20)11-4-1-2-5-12(11)18/h1-2,4-5,10H,3,6-9H2,(H,19,20). The van der Waals surface area contributed by atoms with E-state index in [-0.39, 0.29) is 18.8 Å². The number of carboxylic acid groups (broad SMARTS) is 1. The molecule has 0 aromatic heterocycles. The molecule has 3 nitrogen and oxygen atoms in total. The van der Waals surface area contributed by atoms with Crippen molar-refractivity contribution in [1.82, 2.24) is 0 Å². The van der Waals surface area contributed by atoms with Crippen molar-refractivity contribution in [3.05, 3.63) is 29.8 Å². The number of nitrogens with zero attached hydrogens (tertiary/aromatic N) is 1. The minimum Gasteiger partial charge on any atom is -0.481 e. The number of halogens is 3. The minimum atomic E-state index is -4.14. The Labute approximate surface area is 115 Å². The molecule has 0 fully saturated rings. The average molecular weight is 287 g/mol. The van der Waals surface area contributed by atoms with Crippen LogP contribution in [-0.2, 0) is 4.79 Å². The van der Waals surface area contributed by atoms with Gasteiger partial charge in [-0.05, 0) is 18.1 Å². The van der Waals surface area contributed by atoms with Crippen molar-refractivity contribution in [2.75, 3.05) is 18.0 Å². The number of para-hydroxylation sites is 1. The first-order valence-corrected chi connectivity index (χ1v) is 6.49. The van der Waals surface area contributed by atoms with Crippen LogP contribution in [0.25, 0.3) is 0 Å². The molecule has 110 valence electrons. The Morgan fingerprint density at radius 1 is 1.35 bits per heavy atom. The van der Waals surface area contributed by atoms with Gasteiger partial charge in [-0.15, -0.1) is 0 Å². The highest BCUT2D eigenvalue weighted by molar-refractivity contribution is 5.71. The maximum absolute atomic E-state index is 12.2. The van der Waals surface area contributed by atoms with E-state index in [2.05, 4.69) is 0 Å². The van der Waals surface area contributed by atoms with Crippen molar-refractivity contribution in [3.8, 4) is 0 Å². The normalized spacial score (nSPS) is 18.1. The number of fused-ring (bicyclic) bond motifs is 1. The summed E-state index contributed by atoms with van der Waals surface area (Å²) in [7, 11) is 0. The molecule has 0 amide bonds. The molecule has 1 unspecified atom stereocenters. The summed E-state index contributed by atoms with van der Waals surface area (Å²) in [6.45, 7) is 0.774. The van der Waals surface area contributed by atoms with Gasteiger partial charge >= 0.3 is 12.1 Å². The van der Waals surface area contributed by atoms with E-state index in [1.807, 2.05) is 29.2 Å². The Bertz CT molecular complexity index is 488. The second kappa shape index (κ2) is 5.73.